The van der Waals surface area contributed by atoms with Crippen LogP contribution in [0.1, 0.15) is 5.56 Å². The van der Waals surface area contributed by atoms with Gasteiger partial charge in [-0.3, -0.25) is 0 Å². The molecule has 0 aliphatic rings. The van der Waals surface area contributed by atoms with Gasteiger partial charge in [-0.25, -0.2) is 0 Å². The largest absolute Gasteiger partial charge is 0.310 e. The monoisotopic (exact) mass is 852 g/mol. The van der Waals surface area contributed by atoms with Crippen LogP contribution in [0.2, 0.25) is 0 Å². The molecule has 2 heteroatoms. The van der Waals surface area contributed by atoms with Gasteiger partial charge in [-0.1, -0.05) is 188 Å². The lowest BCUT2D eigenvalue weighted by Crippen LogP contribution is -2.11. The van der Waals surface area contributed by atoms with Crippen molar-refractivity contribution < 1.29 is 0 Å². The number of hydrogen-bond acceptors (Lipinski definition) is 1. The number of para-hydroxylation sites is 3. The first-order valence-electron chi connectivity index (χ1n) is 22.9. The van der Waals surface area contributed by atoms with Gasteiger partial charge in [0, 0.05) is 44.5 Å². The van der Waals surface area contributed by atoms with Gasteiger partial charge in [-0.2, -0.15) is 0 Å². The van der Waals surface area contributed by atoms with Gasteiger partial charge in [-0.05, 0) is 135 Å². The lowest BCUT2D eigenvalue weighted by atomic mass is 9.94. The maximum atomic E-state index is 3.50. The molecular weight excluding hydrogens is 809 g/mol. The molecule has 0 aliphatic carbocycles. The van der Waals surface area contributed by atoms with E-state index in [-0.39, 0.29) is 0 Å². The van der Waals surface area contributed by atoms with Gasteiger partial charge < -0.3 is 9.47 Å². The van der Waals surface area contributed by atoms with Gasteiger partial charge in [0.25, 0.3) is 0 Å². The summed E-state index contributed by atoms with van der Waals surface area (Å²) in [6.07, 6.45) is 0. The second kappa shape index (κ2) is 16.9. The van der Waals surface area contributed by atoms with Crippen LogP contribution in [0.4, 0.5) is 17.1 Å². The van der Waals surface area contributed by atoms with Crippen molar-refractivity contribution in [1.29, 1.82) is 0 Å². The van der Waals surface area contributed by atoms with Crippen molar-refractivity contribution >= 4 is 49.6 Å². The number of fused-ring (bicyclic) bond motifs is 4. The quantitative estimate of drug-likeness (QED) is 0.140. The van der Waals surface area contributed by atoms with E-state index >= 15 is 0 Å². The third-order valence-electron chi connectivity index (χ3n) is 13.2. The molecule has 0 N–H and O–H groups in total. The molecule has 0 bridgehead atoms. The Morgan fingerprint density at radius 1 is 0.358 bits per heavy atom. The van der Waals surface area contributed by atoms with E-state index in [9.17, 15) is 0 Å². The lowest BCUT2D eigenvalue weighted by Gasteiger charge is -2.29. The van der Waals surface area contributed by atoms with E-state index < -0.39 is 0 Å². The van der Waals surface area contributed by atoms with Crippen LogP contribution in [0.5, 0.6) is 0 Å². The number of benzene rings is 10. The maximum Gasteiger partial charge on any atom is 0.0547 e. The highest BCUT2D eigenvalue weighted by atomic mass is 15.1. The number of nitrogens with zero attached hydrogens (tertiary/aromatic N) is 2. The summed E-state index contributed by atoms with van der Waals surface area (Å²) in [5.41, 5.74) is 19.4. The van der Waals surface area contributed by atoms with E-state index in [1.165, 1.54) is 60.4 Å². The average molecular weight is 853 g/mol. The van der Waals surface area contributed by atoms with Crippen LogP contribution in [0, 0.1) is 19.1 Å². The standard InChI is InChI=1S/C65H44N2/c1-45-43-55(41-42-56(45)48-17-4-2-5-18-48)66(54-39-37-47(38-40-54)46-33-35-50(36-34-46)58-28-15-20-49-19-8-9-25-57(49)58)62-30-12-10-26-59(62)51-21-14-22-52(44-51)60-29-16-32-64-65(60)61-27-11-13-31-63(61)67(64)53-23-6-3-7-24-53/h2-33,35,37-44H,1H3. The third kappa shape index (κ3) is 7.21. The highest BCUT2D eigenvalue weighted by Crippen LogP contribution is 2.45. The Balaban J connectivity index is 0.959. The van der Waals surface area contributed by atoms with Crippen molar-refractivity contribution in [3.63, 3.8) is 0 Å². The first-order chi connectivity index (χ1) is 33.2. The molecule has 1 aromatic heterocycles. The predicted octanol–water partition coefficient (Wildman–Crippen LogP) is 17.7. The second-order valence-corrected chi connectivity index (χ2v) is 17.2. The maximum absolute atomic E-state index is 3.50. The molecule has 11 aromatic carbocycles. The highest BCUT2D eigenvalue weighted by Gasteiger charge is 2.20. The van der Waals surface area contributed by atoms with E-state index in [1.807, 2.05) is 0 Å². The molecular formula is C65H44N2. The summed E-state index contributed by atoms with van der Waals surface area (Å²) in [6.45, 7) is 2.21. The Bertz CT molecular complexity index is 3730. The average Bonchev–Trinajstić information content (AvgIpc) is 3.74. The number of anilines is 3. The zero-order valence-electron chi connectivity index (χ0n) is 37.1. The number of hydrogen-bond donors (Lipinski definition) is 0. The summed E-state index contributed by atoms with van der Waals surface area (Å²) in [5, 5.41) is 4.93. The number of rotatable bonds is 9. The van der Waals surface area contributed by atoms with Crippen molar-refractivity contribution in [3.05, 3.63) is 266 Å². The molecule has 1 heterocycles. The van der Waals surface area contributed by atoms with Gasteiger partial charge >= 0.3 is 0 Å². The molecule has 0 saturated carbocycles. The highest BCUT2D eigenvalue weighted by molar-refractivity contribution is 6.16. The van der Waals surface area contributed by atoms with Crippen molar-refractivity contribution in [3.8, 4) is 61.3 Å². The van der Waals surface area contributed by atoms with Gasteiger partial charge in [0.2, 0.25) is 0 Å². The lowest BCUT2D eigenvalue weighted by molar-refractivity contribution is 1.18. The van der Waals surface area contributed by atoms with Crippen LogP contribution in [0.15, 0.2) is 249 Å². The van der Waals surface area contributed by atoms with Crippen LogP contribution in [-0.4, -0.2) is 4.57 Å². The Morgan fingerprint density at radius 2 is 0.940 bits per heavy atom. The fourth-order valence-corrected chi connectivity index (χ4v) is 10.00. The predicted molar refractivity (Wildman–Crippen MR) is 283 cm³/mol. The fraction of sp³-hybridized carbons (Fsp3) is 0.0154. The molecule has 314 valence electrons. The minimum Gasteiger partial charge on any atom is -0.310 e. The van der Waals surface area contributed by atoms with E-state index in [4.69, 9.17) is 0 Å². The Kier molecular flexibility index (Phi) is 10.0. The molecule has 0 spiro atoms. The molecule has 67 heavy (non-hydrogen) atoms. The summed E-state index contributed by atoms with van der Waals surface area (Å²) in [6, 6.07) is 96.7. The molecule has 0 fully saturated rings. The van der Waals surface area contributed by atoms with Gasteiger partial charge in [0.05, 0.1) is 16.7 Å². The molecule has 0 radical (unpaired) electrons. The molecule has 12 rings (SSSR count). The summed E-state index contributed by atoms with van der Waals surface area (Å²) >= 11 is 0. The fourth-order valence-electron chi connectivity index (χ4n) is 10.00. The van der Waals surface area contributed by atoms with Crippen LogP contribution >= 0.6 is 0 Å². The van der Waals surface area contributed by atoms with Crippen LogP contribution in [-0.2, 0) is 0 Å². The zero-order chi connectivity index (χ0) is 44.7. The summed E-state index contributed by atoms with van der Waals surface area (Å²) < 4.78 is 2.39. The van der Waals surface area contributed by atoms with Gasteiger partial charge in [0.1, 0.15) is 0 Å². The van der Waals surface area contributed by atoms with E-state index in [2.05, 4.69) is 277 Å². The van der Waals surface area contributed by atoms with E-state index in [0.29, 0.717) is 0 Å². The summed E-state index contributed by atoms with van der Waals surface area (Å²) in [4.78, 5) is 2.40. The zero-order valence-corrected chi connectivity index (χ0v) is 37.1. The first-order valence-corrected chi connectivity index (χ1v) is 22.9. The minimum atomic E-state index is 1.00. The first kappa shape index (κ1) is 39.7. The Labute approximate surface area is 391 Å². The smallest absolute Gasteiger partial charge is 0.0547 e. The molecule has 0 aliphatic heterocycles. The van der Waals surface area contributed by atoms with Crippen LogP contribution in [0.3, 0.4) is 0 Å². The van der Waals surface area contributed by atoms with Gasteiger partial charge in [-0.15, -0.1) is 0 Å². The van der Waals surface area contributed by atoms with Crippen molar-refractivity contribution in [2.24, 2.45) is 0 Å². The van der Waals surface area contributed by atoms with Gasteiger partial charge in [0.15, 0.2) is 0 Å². The Morgan fingerprint density at radius 3 is 1.75 bits per heavy atom. The molecule has 12 aromatic rings. The second-order valence-electron chi connectivity index (χ2n) is 17.2. The number of aromatic nitrogens is 1. The minimum absolute atomic E-state index is 1.00. The van der Waals surface area contributed by atoms with Crippen molar-refractivity contribution in [2.75, 3.05) is 4.90 Å². The van der Waals surface area contributed by atoms with Crippen molar-refractivity contribution in [2.45, 2.75) is 6.92 Å². The van der Waals surface area contributed by atoms with Crippen molar-refractivity contribution in [1.82, 2.24) is 4.57 Å². The van der Waals surface area contributed by atoms with E-state index in [0.717, 1.165) is 56.1 Å². The SMILES string of the molecule is Cc1cc(N(c2ccc(-c3c#cc(-c4cccc5ccccc45)cc3)cc2)c2ccccc2-c2cccc(-c3cccc4c3c3ccccc3n4-c3ccccc3)c2)ccc1-c1ccccc1. The molecule has 0 unspecified atom stereocenters. The Hall–Kier alpha value is -8.90. The molecule has 0 saturated heterocycles. The van der Waals surface area contributed by atoms with Crippen LogP contribution in [0.25, 0.3) is 93.9 Å². The normalized spacial score (nSPS) is 11.2. The molecule has 0 amide bonds. The third-order valence-corrected chi connectivity index (χ3v) is 13.2. The van der Waals surface area contributed by atoms with E-state index in [1.54, 1.807) is 0 Å². The molecule has 0 atom stereocenters. The topological polar surface area (TPSA) is 8.17 Å². The molecule has 2 nitrogen and oxygen atoms in total. The summed E-state index contributed by atoms with van der Waals surface area (Å²) in [5.74, 6) is 0. The number of aryl methyl sites for hydroxylation is 1. The summed E-state index contributed by atoms with van der Waals surface area (Å²) in [7, 11) is 0. The van der Waals surface area contributed by atoms with Crippen LogP contribution < -0.4 is 4.90 Å².